The summed E-state index contributed by atoms with van der Waals surface area (Å²) in [6.07, 6.45) is 3.49. The SMILES string of the molecule is CCC[CH2][Sn](/[CH]=C/[Si](C)(C)c1ccc(C(F)(F)F)cc1)([CH2]CCC)[CH2]CCC. The molecule has 0 saturated heterocycles. The molecule has 5 heteroatoms. The van der Waals surface area contributed by atoms with Crippen molar-refractivity contribution in [1.29, 1.82) is 0 Å². The van der Waals surface area contributed by atoms with Crippen molar-refractivity contribution >= 4 is 31.6 Å². The Morgan fingerprint density at radius 3 is 1.61 bits per heavy atom. The van der Waals surface area contributed by atoms with Crippen LogP contribution in [0.15, 0.2) is 34.1 Å². The maximum absolute atomic E-state index is 12.9. The van der Waals surface area contributed by atoms with Gasteiger partial charge in [0.25, 0.3) is 0 Å². The molecule has 0 heterocycles. The van der Waals surface area contributed by atoms with Crippen molar-refractivity contribution in [2.45, 2.75) is 91.9 Å². The van der Waals surface area contributed by atoms with Crippen LogP contribution in [-0.4, -0.2) is 26.5 Å². The molecule has 0 spiro atoms. The normalized spacial score (nSPS) is 13.4. The van der Waals surface area contributed by atoms with Crippen LogP contribution in [0.5, 0.6) is 0 Å². The summed E-state index contributed by atoms with van der Waals surface area (Å²) in [5.41, 5.74) is 1.93. The third-order valence-electron chi connectivity index (χ3n) is 5.89. The molecule has 0 saturated carbocycles. The molecule has 0 bridgehead atoms. The third kappa shape index (κ3) is 8.25. The Morgan fingerprint density at radius 1 is 0.821 bits per heavy atom. The summed E-state index contributed by atoms with van der Waals surface area (Å²) in [6, 6.07) is 5.92. The van der Waals surface area contributed by atoms with E-state index < -0.39 is 38.2 Å². The Labute approximate surface area is 175 Å². The van der Waals surface area contributed by atoms with Crippen LogP contribution in [0.2, 0.25) is 26.4 Å². The van der Waals surface area contributed by atoms with E-state index in [1.807, 2.05) is 0 Å². The van der Waals surface area contributed by atoms with Gasteiger partial charge in [-0.05, 0) is 0 Å². The first kappa shape index (κ1) is 25.8. The van der Waals surface area contributed by atoms with E-state index in [1.54, 1.807) is 12.1 Å². The Morgan fingerprint density at radius 2 is 1.25 bits per heavy atom. The molecule has 0 atom stereocenters. The molecule has 0 amide bonds. The van der Waals surface area contributed by atoms with Crippen LogP contribution in [0, 0.1) is 0 Å². The Bertz CT molecular complexity index is 569. The fraction of sp³-hybridized carbons (Fsp3) is 0.652. The first-order chi connectivity index (χ1) is 13.1. The van der Waals surface area contributed by atoms with E-state index in [2.05, 4.69) is 43.7 Å². The monoisotopic (exact) mass is 520 g/mol. The van der Waals surface area contributed by atoms with Gasteiger partial charge in [-0.3, -0.25) is 0 Å². The second-order valence-electron chi connectivity index (χ2n) is 8.80. The van der Waals surface area contributed by atoms with E-state index in [9.17, 15) is 13.2 Å². The second kappa shape index (κ2) is 11.8. The van der Waals surface area contributed by atoms with E-state index in [1.165, 1.54) is 64.0 Å². The standard InChI is InChI=1S/C11H12F3Si.3C4H9.Sn/c1-4-15(2,3)10-7-5-9(6-8-10)11(12,13)14;3*1-3-4-2;/h1,4-8H,2-3H3;3*1,3-4H2,2H3;. The van der Waals surface area contributed by atoms with Crippen molar-refractivity contribution in [3.05, 3.63) is 39.6 Å². The molecule has 1 aromatic rings. The molecule has 0 aliphatic carbocycles. The van der Waals surface area contributed by atoms with Crippen LogP contribution < -0.4 is 5.19 Å². The predicted octanol–water partition coefficient (Wildman–Crippen LogP) is 8.10. The van der Waals surface area contributed by atoms with E-state index in [0.29, 0.717) is 0 Å². The number of halogens is 3. The molecule has 0 aromatic heterocycles. The molecule has 28 heavy (non-hydrogen) atoms. The van der Waals surface area contributed by atoms with Gasteiger partial charge >= 0.3 is 176 Å². The molecule has 0 unspecified atom stereocenters. The van der Waals surface area contributed by atoms with Gasteiger partial charge in [-0.1, -0.05) is 0 Å². The van der Waals surface area contributed by atoms with Crippen LogP contribution in [0.25, 0.3) is 0 Å². The van der Waals surface area contributed by atoms with Gasteiger partial charge in [0, 0.05) is 0 Å². The second-order valence-corrected chi connectivity index (χ2v) is 26.2. The molecular formula is C23H39F3SiSn. The van der Waals surface area contributed by atoms with Crippen LogP contribution in [0.4, 0.5) is 13.2 Å². The first-order valence-electron chi connectivity index (χ1n) is 11.0. The summed E-state index contributed by atoms with van der Waals surface area (Å²) in [4.78, 5) is 0. The molecule has 160 valence electrons. The number of benzene rings is 1. The van der Waals surface area contributed by atoms with Gasteiger partial charge in [-0.25, -0.2) is 0 Å². The van der Waals surface area contributed by atoms with Gasteiger partial charge in [-0.15, -0.1) is 0 Å². The zero-order valence-electron chi connectivity index (χ0n) is 18.5. The van der Waals surface area contributed by atoms with E-state index >= 15 is 0 Å². The minimum atomic E-state index is -4.26. The van der Waals surface area contributed by atoms with Crippen LogP contribution in [0.1, 0.15) is 64.9 Å². The summed E-state index contributed by atoms with van der Waals surface area (Å²) in [5, 5.41) is 1.10. The van der Waals surface area contributed by atoms with Crippen molar-refractivity contribution in [2.24, 2.45) is 0 Å². The quantitative estimate of drug-likeness (QED) is 0.245. The zero-order valence-corrected chi connectivity index (χ0v) is 22.3. The van der Waals surface area contributed by atoms with Crippen molar-refractivity contribution < 1.29 is 13.2 Å². The average Bonchev–Trinajstić information content (AvgIpc) is 2.66. The third-order valence-corrected chi connectivity index (χ3v) is 23.7. The van der Waals surface area contributed by atoms with Gasteiger partial charge in [-0.2, -0.15) is 0 Å². The van der Waals surface area contributed by atoms with Gasteiger partial charge in [0.15, 0.2) is 0 Å². The van der Waals surface area contributed by atoms with Gasteiger partial charge in [0.1, 0.15) is 0 Å². The van der Waals surface area contributed by atoms with E-state index in [4.69, 9.17) is 0 Å². The van der Waals surface area contributed by atoms with Crippen molar-refractivity contribution in [3.8, 4) is 0 Å². The number of hydrogen-bond acceptors (Lipinski definition) is 0. The van der Waals surface area contributed by atoms with Crippen molar-refractivity contribution in [1.82, 2.24) is 0 Å². The molecule has 0 aliphatic heterocycles. The average molecular weight is 519 g/mol. The molecule has 0 N–H and O–H groups in total. The minimum absolute atomic E-state index is 0.549. The molecule has 0 aliphatic rings. The zero-order chi connectivity index (χ0) is 21.3. The Balaban J connectivity index is 3.11. The van der Waals surface area contributed by atoms with Crippen molar-refractivity contribution in [2.75, 3.05) is 0 Å². The Hall–Kier alpha value is -0.234. The number of rotatable bonds is 12. The number of unbranched alkanes of at least 4 members (excludes halogenated alkanes) is 3. The summed E-state index contributed by atoms with van der Waals surface area (Å²) >= 11 is -2.35. The van der Waals surface area contributed by atoms with E-state index in [-0.39, 0.29) is 0 Å². The van der Waals surface area contributed by atoms with Crippen molar-refractivity contribution in [3.63, 3.8) is 0 Å². The summed E-state index contributed by atoms with van der Waals surface area (Å²) in [7, 11) is -1.88. The van der Waals surface area contributed by atoms with Gasteiger partial charge < -0.3 is 0 Å². The summed E-state index contributed by atoms with van der Waals surface area (Å²) in [6.45, 7) is 11.4. The summed E-state index contributed by atoms with van der Waals surface area (Å²) in [5.74, 6) is 0. The maximum atomic E-state index is 12.9. The predicted molar refractivity (Wildman–Crippen MR) is 123 cm³/mol. The van der Waals surface area contributed by atoms with E-state index in [0.717, 1.165) is 5.19 Å². The topological polar surface area (TPSA) is 0 Å². The molecule has 0 fully saturated rings. The summed E-state index contributed by atoms with van der Waals surface area (Å²) < 4.78 is 45.6. The molecular weight excluding hydrogens is 480 g/mol. The fourth-order valence-corrected chi connectivity index (χ4v) is 25.0. The van der Waals surface area contributed by atoms with Crippen LogP contribution in [-0.2, 0) is 6.18 Å². The molecule has 0 radical (unpaired) electrons. The fourth-order valence-electron chi connectivity index (χ4n) is 3.78. The first-order valence-corrected chi connectivity index (χ1v) is 21.8. The van der Waals surface area contributed by atoms with Crippen LogP contribution >= 0.6 is 0 Å². The molecule has 1 aromatic carbocycles. The number of alkyl halides is 3. The molecule has 1 rings (SSSR count). The van der Waals surface area contributed by atoms with Gasteiger partial charge in [0.2, 0.25) is 0 Å². The molecule has 0 nitrogen and oxygen atoms in total. The Kier molecular flexibility index (Phi) is 10.9. The number of hydrogen-bond donors (Lipinski definition) is 0. The van der Waals surface area contributed by atoms with Crippen LogP contribution in [0.3, 0.4) is 0 Å². The van der Waals surface area contributed by atoms with Gasteiger partial charge in [0.05, 0.1) is 0 Å².